The molecule has 3 nitrogen and oxygen atoms in total. The molecule has 0 spiro atoms. The maximum Gasteiger partial charge on any atom is 0.397 e. The molecule has 0 heterocycles. The minimum atomic E-state index is -2.67. The van der Waals surface area contributed by atoms with E-state index in [1.54, 1.807) is 14.2 Å². The van der Waals surface area contributed by atoms with Crippen molar-refractivity contribution in [2.45, 2.75) is 6.55 Å². The summed E-state index contributed by atoms with van der Waals surface area (Å²) in [5.41, 5.74) is 0. The first-order valence-corrected chi connectivity index (χ1v) is 10.5. The lowest BCUT2D eigenvalue weighted by Crippen LogP contribution is -2.64. The molecule has 1 atom stereocenters. The monoisotopic (exact) mass is 304 g/mol. The molecule has 0 aromatic heterocycles. The van der Waals surface area contributed by atoms with Gasteiger partial charge in [0.1, 0.15) is 0 Å². The van der Waals surface area contributed by atoms with Crippen LogP contribution in [0.2, 0.25) is 6.55 Å². The van der Waals surface area contributed by atoms with Crippen molar-refractivity contribution in [2.75, 3.05) is 14.2 Å². The molecule has 0 N–H and O–H groups in total. The fourth-order valence-electron chi connectivity index (χ4n) is 2.18. The Morgan fingerprint density at radius 1 is 0.800 bits per heavy atom. The second kappa shape index (κ2) is 6.96. The van der Waals surface area contributed by atoms with E-state index in [-0.39, 0.29) is 0 Å². The molecule has 0 fully saturated rings. The Hall–Kier alpha value is -1.25. The molecule has 0 saturated heterocycles. The first kappa shape index (κ1) is 15.1. The van der Waals surface area contributed by atoms with Crippen molar-refractivity contribution in [1.82, 2.24) is 0 Å². The zero-order valence-corrected chi connectivity index (χ0v) is 14.2. The lowest BCUT2D eigenvalue weighted by molar-refractivity contribution is 0.279. The van der Waals surface area contributed by atoms with Crippen molar-refractivity contribution in [3.05, 3.63) is 60.7 Å². The summed E-state index contributed by atoms with van der Waals surface area (Å²) < 4.78 is 17.7. The molecule has 0 saturated carbocycles. The van der Waals surface area contributed by atoms with Gasteiger partial charge in [0.2, 0.25) is 0 Å². The van der Waals surface area contributed by atoms with Crippen molar-refractivity contribution in [3.63, 3.8) is 0 Å². The fourth-order valence-corrected chi connectivity index (χ4v) is 7.98. The van der Waals surface area contributed by atoms with Gasteiger partial charge in [0.05, 0.1) is 0 Å². The van der Waals surface area contributed by atoms with Crippen LogP contribution >= 0.6 is 0 Å². The molecular formula is C15H20O3Si2. The number of hydrogen-bond donors (Lipinski definition) is 0. The second-order valence-electron chi connectivity index (χ2n) is 4.47. The molecule has 0 aliphatic carbocycles. The molecule has 20 heavy (non-hydrogen) atoms. The van der Waals surface area contributed by atoms with Gasteiger partial charge in [-0.2, -0.15) is 0 Å². The van der Waals surface area contributed by atoms with Crippen molar-refractivity contribution < 1.29 is 13.0 Å². The summed E-state index contributed by atoms with van der Waals surface area (Å²) in [6.45, 7) is 2.02. The van der Waals surface area contributed by atoms with Crippen LogP contribution in [0.5, 0.6) is 0 Å². The van der Waals surface area contributed by atoms with Crippen LogP contribution in [-0.2, 0) is 13.0 Å². The Balaban J connectivity index is 2.52. The normalized spacial score (nSPS) is 13.2. The minimum absolute atomic E-state index is 1.10. The summed E-state index contributed by atoms with van der Waals surface area (Å²) in [7, 11) is -0.975. The third-order valence-corrected chi connectivity index (χ3v) is 9.34. The Kier molecular flexibility index (Phi) is 5.27. The van der Waals surface area contributed by atoms with Crippen LogP contribution in [0, 0.1) is 0 Å². The van der Waals surface area contributed by atoms with Gasteiger partial charge in [-0.15, -0.1) is 0 Å². The second-order valence-corrected chi connectivity index (χ2v) is 9.82. The van der Waals surface area contributed by atoms with Gasteiger partial charge in [0, 0.05) is 14.2 Å². The maximum atomic E-state index is 6.34. The van der Waals surface area contributed by atoms with Gasteiger partial charge < -0.3 is 13.0 Å². The fraction of sp³-hybridized carbons (Fsp3) is 0.200. The Morgan fingerprint density at radius 2 is 1.25 bits per heavy atom. The van der Waals surface area contributed by atoms with Gasteiger partial charge in [-0.1, -0.05) is 60.7 Å². The standard InChI is InChI=1S/C15H20O3Si2/c1-16-19(3)18-20(17-2,14-10-6-4-7-11-14)15-12-8-5-9-13-15/h4-13,19H,1-3H3. The van der Waals surface area contributed by atoms with E-state index in [0.29, 0.717) is 0 Å². The molecule has 1 unspecified atom stereocenters. The van der Waals surface area contributed by atoms with Crippen molar-refractivity contribution >= 4 is 28.2 Å². The summed E-state index contributed by atoms with van der Waals surface area (Å²) in [6, 6.07) is 20.3. The van der Waals surface area contributed by atoms with E-state index in [4.69, 9.17) is 13.0 Å². The van der Waals surface area contributed by atoms with E-state index in [0.717, 1.165) is 10.4 Å². The van der Waals surface area contributed by atoms with Crippen LogP contribution in [0.4, 0.5) is 0 Å². The number of benzene rings is 2. The van der Waals surface area contributed by atoms with Crippen LogP contribution in [0.15, 0.2) is 60.7 Å². The summed E-state index contributed by atoms with van der Waals surface area (Å²) in [5.74, 6) is 0. The van der Waals surface area contributed by atoms with Crippen molar-refractivity contribution in [2.24, 2.45) is 0 Å². The molecule has 5 heteroatoms. The molecular weight excluding hydrogens is 284 g/mol. The summed E-state index contributed by atoms with van der Waals surface area (Å²) >= 11 is 0. The Bertz CT molecular complexity index is 480. The third kappa shape index (κ3) is 3.08. The molecule has 2 rings (SSSR count). The van der Waals surface area contributed by atoms with E-state index in [2.05, 4.69) is 24.3 Å². The lowest BCUT2D eigenvalue weighted by atomic mass is 10.4. The highest BCUT2D eigenvalue weighted by molar-refractivity contribution is 6.95. The third-order valence-electron chi connectivity index (χ3n) is 3.26. The van der Waals surface area contributed by atoms with Gasteiger partial charge in [-0.05, 0) is 16.9 Å². The van der Waals surface area contributed by atoms with Crippen molar-refractivity contribution in [3.8, 4) is 0 Å². The van der Waals surface area contributed by atoms with E-state index in [1.807, 2.05) is 42.9 Å². The molecule has 0 bridgehead atoms. The number of rotatable bonds is 6. The van der Waals surface area contributed by atoms with Crippen LogP contribution in [0.1, 0.15) is 0 Å². The van der Waals surface area contributed by atoms with Gasteiger partial charge in [-0.3, -0.25) is 0 Å². The molecule has 106 valence electrons. The summed E-state index contributed by atoms with van der Waals surface area (Å²) in [5, 5.41) is 2.20. The van der Waals surface area contributed by atoms with Crippen LogP contribution in [-0.4, -0.2) is 32.1 Å². The molecule has 2 aromatic carbocycles. The molecule has 0 aliphatic rings. The zero-order valence-electron chi connectivity index (χ0n) is 12.1. The lowest BCUT2D eigenvalue weighted by Gasteiger charge is -2.32. The molecule has 0 radical (unpaired) electrons. The molecule has 0 amide bonds. The van der Waals surface area contributed by atoms with Crippen LogP contribution in [0.25, 0.3) is 0 Å². The van der Waals surface area contributed by atoms with Gasteiger partial charge >= 0.3 is 17.8 Å². The summed E-state index contributed by atoms with van der Waals surface area (Å²) in [4.78, 5) is 0. The highest BCUT2D eigenvalue weighted by Crippen LogP contribution is 2.10. The van der Waals surface area contributed by atoms with Crippen molar-refractivity contribution in [1.29, 1.82) is 0 Å². The molecule has 0 aliphatic heterocycles. The maximum absolute atomic E-state index is 6.34. The number of hydrogen-bond acceptors (Lipinski definition) is 3. The first-order chi connectivity index (χ1) is 9.73. The Morgan fingerprint density at radius 3 is 1.60 bits per heavy atom. The smallest absolute Gasteiger partial charge is 0.397 e. The first-order valence-electron chi connectivity index (χ1n) is 6.59. The van der Waals surface area contributed by atoms with Crippen LogP contribution in [0.3, 0.4) is 0 Å². The highest BCUT2D eigenvalue weighted by atomic mass is 28.4. The van der Waals surface area contributed by atoms with E-state index >= 15 is 0 Å². The van der Waals surface area contributed by atoms with Gasteiger partial charge in [-0.25, -0.2) is 0 Å². The van der Waals surface area contributed by atoms with Gasteiger partial charge in [0.25, 0.3) is 0 Å². The van der Waals surface area contributed by atoms with Crippen LogP contribution < -0.4 is 10.4 Å². The quantitative estimate of drug-likeness (QED) is 0.755. The zero-order chi connectivity index (χ0) is 14.4. The average molecular weight is 304 g/mol. The van der Waals surface area contributed by atoms with E-state index < -0.39 is 17.8 Å². The highest BCUT2D eigenvalue weighted by Gasteiger charge is 2.43. The Labute approximate surface area is 123 Å². The largest absolute Gasteiger partial charge is 0.410 e. The van der Waals surface area contributed by atoms with E-state index in [1.165, 1.54) is 0 Å². The predicted octanol–water partition coefficient (Wildman–Crippen LogP) is 1.40. The van der Waals surface area contributed by atoms with E-state index in [9.17, 15) is 0 Å². The topological polar surface area (TPSA) is 27.7 Å². The predicted molar refractivity (Wildman–Crippen MR) is 86.0 cm³/mol. The summed E-state index contributed by atoms with van der Waals surface area (Å²) in [6.07, 6.45) is 0. The SMILES string of the molecule is CO[SiH](C)O[Si](OC)(c1ccccc1)c1ccccc1. The average Bonchev–Trinajstić information content (AvgIpc) is 2.54. The minimum Gasteiger partial charge on any atom is -0.410 e. The van der Waals surface area contributed by atoms with Gasteiger partial charge in [0.15, 0.2) is 0 Å². The molecule has 2 aromatic rings.